The van der Waals surface area contributed by atoms with Gasteiger partial charge in [-0.25, -0.2) is 0 Å². The van der Waals surface area contributed by atoms with Crippen molar-refractivity contribution in [1.29, 1.82) is 0 Å². The predicted molar refractivity (Wildman–Crippen MR) is 117 cm³/mol. The molecule has 4 aromatic rings. The average Bonchev–Trinajstić information content (AvgIpc) is 3.23. The van der Waals surface area contributed by atoms with Crippen molar-refractivity contribution in [3.8, 4) is 0 Å². The van der Waals surface area contributed by atoms with Crippen molar-refractivity contribution >= 4 is 65.0 Å². The van der Waals surface area contributed by atoms with E-state index >= 15 is 0 Å². The monoisotopic (exact) mass is 500 g/mol. The molecule has 0 aliphatic carbocycles. The van der Waals surface area contributed by atoms with Crippen LogP contribution in [0.1, 0.15) is 13.8 Å². The van der Waals surface area contributed by atoms with E-state index in [0.29, 0.717) is 0 Å². The molecule has 0 nitrogen and oxygen atoms in total. The Morgan fingerprint density at radius 3 is 1.46 bits per heavy atom. The first-order valence-corrected chi connectivity index (χ1v) is 16.3. The Morgan fingerprint density at radius 2 is 1.12 bits per heavy atom. The van der Waals surface area contributed by atoms with Gasteiger partial charge < -0.3 is 0 Å². The van der Waals surface area contributed by atoms with Gasteiger partial charge in [-0.15, -0.1) is 35.0 Å². The number of hydrogen-bond donors (Lipinski definition) is 0. The van der Waals surface area contributed by atoms with Crippen molar-refractivity contribution in [2.24, 2.45) is 0 Å². The van der Waals surface area contributed by atoms with Gasteiger partial charge in [0.25, 0.3) is 0 Å². The van der Waals surface area contributed by atoms with E-state index in [1.807, 2.05) is 62.4 Å². The zero-order valence-corrected chi connectivity index (χ0v) is 19.9. The number of hydrogen-bond acceptors (Lipinski definition) is 0. The van der Waals surface area contributed by atoms with Gasteiger partial charge in [-0.3, -0.25) is 0 Å². The third-order valence-electron chi connectivity index (χ3n) is 3.58. The number of fused-ring (bicyclic) bond motifs is 2. The van der Waals surface area contributed by atoms with Crippen LogP contribution in [0.15, 0.2) is 72.8 Å². The molecule has 0 saturated carbocycles. The van der Waals surface area contributed by atoms with Gasteiger partial charge in [-0.1, -0.05) is 47.5 Å². The zero-order chi connectivity index (χ0) is 19.1. The van der Waals surface area contributed by atoms with E-state index in [4.69, 9.17) is 40.2 Å². The van der Waals surface area contributed by atoms with Crippen LogP contribution in [0.2, 0.25) is 10.0 Å². The van der Waals surface area contributed by atoms with Gasteiger partial charge in [0.15, 0.2) is 0 Å². The van der Waals surface area contributed by atoms with Crippen molar-refractivity contribution in [2.75, 3.05) is 0 Å². The van der Waals surface area contributed by atoms with E-state index in [2.05, 4.69) is 24.3 Å². The summed E-state index contributed by atoms with van der Waals surface area (Å²) < 4.78 is 1.24. The maximum Gasteiger partial charge on any atom is 0.0221 e. The Labute approximate surface area is 179 Å². The molecule has 136 valence electrons. The molecule has 0 unspecified atom stereocenters. The summed E-state index contributed by atoms with van der Waals surface area (Å²) in [5.41, 5.74) is 0. The average molecular weight is 503 g/mol. The van der Waals surface area contributed by atoms with Gasteiger partial charge in [0, 0.05) is 10.0 Å². The number of halogens is 4. The molecule has 0 fully saturated rings. The molecule has 0 heterocycles. The second kappa shape index (κ2) is 10.8. The molecule has 0 bridgehead atoms. The summed E-state index contributed by atoms with van der Waals surface area (Å²) in [6.07, 6.45) is 0. The summed E-state index contributed by atoms with van der Waals surface area (Å²) in [5, 5.41) is 6.55. The molecule has 0 atom stereocenters. The van der Waals surface area contributed by atoms with E-state index in [9.17, 15) is 0 Å². The van der Waals surface area contributed by atoms with Crippen LogP contribution >= 0.6 is 40.2 Å². The predicted octanol–water partition coefficient (Wildman–Crippen LogP) is 8.55. The van der Waals surface area contributed by atoms with Crippen LogP contribution in [-0.4, -0.2) is 3.21 Å². The van der Waals surface area contributed by atoms with Crippen LogP contribution in [0.3, 0.4) is 0 Å². The van der Waals surface area contributed by atoms with E-state index in [1.54, 1.807) is 0 Å². The fourth-order valence-electron chi connectivity index (χ4n) is 2.19. The molecular formula is C21H18Cl4Zr-2. The molecule has 4 rings (SSSR count). The van der Waals surface area contributed by atoms with E-state index in [0.717, 1.165) is 10.0 Å². The van der Waals surface area contributed by atoms with Crippen LogP contribution in [0, 0.1) is 0 Å². The first kappa shape index (κ1) is 21.9. The molecule has 0 saturated heterocycles. The molecule has 4 aromatic carbocycles. The minimum atomic E-state index is -1.84. The van der Waals surface area contributed by atoms with Crippen molar-refractivity contribution in [3.63, 3.8) is 0 Å². The van der Waals surface area contributed by atoms with Crippen LogP contribution in [-0.2, 0) is 18.9 Å². The molecule has 0 aliphatic rings. The molecule has 0 aromatic heterocycles. The second-order valence-electron chi connectivity index (χ2n) is 5.86. The van der Waals surface area contributed by atoms with Gasteiger partial charge in [0.1, 0.15) is 0 Å². The third kappa shape index (κ3) is 6.95. The Kier molecular flexibility index (Phi) is 9.08. The van der Waals surface area contributed by atoms with Gasteiger partial charge in [0.2, 0.25) is 0 Å². The van der Waals surface area contributed by atoms with Crippen molar-refractivity contribution < 1.29 is 18.9 Å². The minimum Gasteiger partial charge on any atom is -0.168 e. The Morgan fingerprint density at radius 1 is 0.731 bits per heavy atom. The van der Waals surface area contributed by atoms with Crippen LogP contribution in [0.5, 0.6) is 0 Å². The van der Waals surface area contributed by atoms with Crippen molar-refractivity contribution in [2.45, 2.75) is 13.8 Å². The fourth-order valence-corrected chi connectivity index (χ4v) is 2.56. The number of benzene rings is 2. The Hall–Kier alpha value is -0.427. The molecule has 5 heteroatoms. The Bertz CT molecular complexity index is 921. The quantitative estimate of drug-likeness (QED) is 0.211. The summed E-state index contributed by atoms with van der Waals surface area (Å²) in [5.74, 6) is 0. The normalized spacial score (nSPS) is 9.92. The summed E-state index contributed by atoms with van der Waals surface area (Å²) in [6.45, 7) is 3.96. The van der Waals surface area contributed by atoms with E-state index in [1.165, 1.54) is 24.8 Å². The van der Waals surface area contributed by atoms with Gasteiger partial charge >= 0.3 is 53.0 Å². The van der Waals surface area contributed by atoms with Crippen molar-refractivity contribution in [3.05, 3.63) is 82.8 Å². The zero-order valence-electron chi connectivity index (χ0n) is 14.4. The Balaban J connectivity index is 0.000000146. The summed E-state index contributed by atoms with van der Waals surface area (Å²) in [4.78, 5) is 0. The third-order valence-corrected chi connectivity index (χ3v) is 10.4. The van der Waals surface area contributed by atoms with E-state index in [-0.39, 0.29) is 0 Å². The topological polar surface area (TPSA) is 0 Å². The molecular weight excluding hydrogens is 485 g/mol. The smallest absolute Gasteiger partial charge is 0.0221 e. The maximum atomic E-state index is 5.78. The summed E-state index contributed by atoms with van der Waals surface area (Å²) >= 11 is 9.71. The molecule has 0 amide bonds. The van der Waals surface area contributed by atoms with Gasteiger partial charge in [-0.2, -0.15) is 35.0 Å². The van der Waals surface area contributed by atoms with Crippen LogP contribution < -0.4 is 0 Å². The first-order valence-electron chi connectivity index (χ1n) is 7.97. The summed E-state index contributed by atoms with van der Waals surface area (Å²) in [7, 11) is 11.1. The minimum absolute atomic E-state index is 0.804. The number of rotatable bonds is 0. The standard InChI is InChI=1S/2C9H6Cl.C3H6.2ClH.Zr/c2*10-9-5-4-7-2-1-3-8(7)6-9;1-3-2;;;/h2*1-6H;1-2H3;2*1H;/q2*-1;;;;+2/p-2. The maximum absolute atomic E-state index is 5.78. The second-order valence-corrected chi connectivity index (χ2v) is 16.1. The largest absolute Gasteiger partial charge is 0.168 e. The summed E-state index contributed by atoms with van der Waals surface area (Å²) in [6, 6.07) is 24.1. The molecule has 0 aliphatic heterocycles. The molecule has 0 spiro atoms. The van der Waals surface area contributed by atoms with Gasteiger partial charge in [-0.05, 0) is 0 Å². The van der Waals surface area contributed by atoms with Crippen LogP contribution in [0.25, 0.3) is 21.5 Å². The van der Waals surface area contributed by atoms with Gasteiger partial charge in [0.05, 0.1) is 0 Å². The molecule has 0 N–H and O–H groups in total. The first-order chi connectivity index (χ1) is 12.4. The molecule has 0 radical (unpaired) electrons. The SMILES string of the molecule is C[C](C)=[Zr]([Cl])[Cl].Clc1ccc2[cH-]ccc2c1.Clc1ccc2[cH-]ccc2c1. The van der Waals surface area contributed by atoms with E-state index < -0.39 is 18.9 Å². The molecule has 26 heavy (non-hydrogen) atoms. The van der Waals surface area contributed by atoms with Crippen molar-refractivity contribution in [1.82, 2.24) is 0 Å². The fraction of sp³-hybridized carbons (Fsp3) is 0.0952. The van der Waals surface area contributed by atoms with Crippen LogP contribution in [0.4, 0.5) is 0 Å².